The Hall–Kier alpha value is -2.29. The van der Waals surface area contributed by atoms with Gasteiger partial charge in [-0.2, -0.15) is 0 Å². The molecular weight excluding hydrogens is 393 g/mol. The summed E-state index contributed by atoms with van der Waals surface area (Å²) >= 11 is 1.42. The van der Waals surface area contributed by atoms with Crippen molar-refractivity contribution in [2.45, 2.75) is 6.10 Å². The number of hydrogen-bond acceptors (Lipinski definition) is 5. The fraction of sp³-hybridized carbons (Fsp3) is 0.429. The number of rotatable bonds is 7. The van der Waals surface area contributed by atoms with Crippen LogP contribution in [0, 0.1) is 5.82 Å². The maximum atomic E-state index is 13.2. The number of benzene rings is 1. The summed E-state index contributed by atoms with van der Waals surface area (Å²) in [4.78, 5) is 31.9. The second kappa shape index (κ2) is 9.96. The van der Waals surface area contributed by atoms with E-state index in [1.54, 1.807) is 9.80 Å². The van der Waals surface area contributed by atoms with Gasteiger partial charge in [0.05, 0.1) is 17.6 Å². The van der Waals surface area contributed by atoms with E-state index in [0.717, 1.165) is 0 Å². The van der Waals surface area contributed by atoms with E-state index in [0.29, 0.717) is 49.8 Å². The molecule has 0 saturated carbocycles. The third kappa shape index (κ3) is 5.85. The van der Waals surface area contributed by atoms with E-state index in [9.17, 15) is 14.0 Å². The number of morpholine rings is 1. The third-order valence-corrected chi connectivity index (χ3v) is 5.64. The number of carbonyl (C=O) groups is 2. The molecule has 29 heavy (non-hydrogen) atoms. The minimum atomic E-state index is -0.375. The van der Waals surface area contributed by atoms with Crippen LogP contribution in [-0.2, 0) is 4.74 Å². The first-order valence-corrected chi connectivity index (χ1v) is 10.5. The maximum absolute atomic E-state index is 13.2. The van der Waals surface area contributed by atoms with Crippen LogP contribution in [0.25, 0.3) is 0 Å². The largest absolute Gasteiger partial charge is 0.373 e. The van der Waals surface area contributed by atoms with Gasteiger partial charge in [0.15, 0.2) is 0 Å². The highest BCUT2D eigenvalue weighted by atomic mass is 32.1. The molecule has 2 amide bonds. The van der Waals surface area contributed by atoms with Crippen molar-refractivity contribution < 1.29 is 18.7 Å². The van der Waals surface area contributed by atoms with Gasteiger partial charge in [-0.15, -0.1) is 11.3 Å². The van der Waals surface area contributed by atoms with Crippen molar-refractivity contribution in [2.75, 3.05) is 53.4 Å². The number of nitrogens with zero attached hydrogens (tertiary/aromatic N) is 3. The summed E-state index contributed by atoms with van der Waals surface area (Å²) in [5.41, 5.74) is 0.437. The molecule has 1 saturated heterocycles. The van der Waals surface area contributed by atoms with Crippen LogP contribution in [0.5, 0.6) is 0 Å². The lowest BCUT2D eigenvalue weighted by Gasteiger charge is -2.36. The predicted molar refractivity (Wildman–Crippen MR) is 111 cm³/mol. The van der Waals surface area contributed by atoms with Gasteiger partial charge in [-0.25, -0.2) is 4.39 Å². The van der Waals surface area contributed by atoms with E-state index in [1.807, 2.05) is 36.5 Å². The Morgan fingerprint density at radius 1 is 1.21 bits per heavy atom. The van der Waals surface area contributed by atoms with Gasteiger partial charge in [0.25, 0.3) is 11.8 Å². The number of hydrogen-bond donors (Lipinski definition) is 0. The molecule has 156 valence electrons. The number of thiophene rings is 1. The van der Waals surface area contributed by atoms with E-state index in [4.69, 9.17) is 4.74 Å². The summed E-state index contributed by atoms with van der Waals surface area (Å²) < 4.78 is 19.1. The quantitative estimate of drug-likeness (QED) is 0.692. The number of ether oxygens (including phenoxy) is 1. The van der Waals surface area contributed by atoms with Crippen LogP contribution in [0.4, 0.5) is 4.39 Å². The number of likely N-dealkylation sites (N-methyl/N-ethyl adjacent to an activating group) is 1. The van der Waals surface area contributed by atoms with Crippen LogP contribution in [0.3, 0.4) is 0 Å². The molecule has 1 aromatic carbocycles. The van der Waals surface area contributed by atoms with Gasteiger partial charge in [-0.1, -0.05) is 6.07 Å². The molecule has 3 rings (SSSR count). The molecule has 0 N–H and O–H groups in total. The summed E-state index contributed by atoms with van der Waals surface area (Å²) in [5, 5.41) is 1.88. The van der Waals surface area contributed by atoms with Crippen LogP contribution >= 0.6 is 11.3 Å². The minimum absolute atomic E-state index is 0.00185. The van der Waals surface area contributed by atoms with Crippen molar-refractivity contribution in [3.8, 4) is 0 Å². The van der Waals surface area contributed by atoms with Gasteiger partial charge in [-0.3, -0.25) is 9.59 Å². The lowest BCUT2D eigenvalue weighted by Crippen LogP contribution is -2.51. The summed E-state index contributed by atoms with van der Waals surface area (Å²) in [7, 11) is 3.89. The SMILES string of the molecule is CN(C)CCN(CC1CN(C(=O)c2cccs2)CCO1)C(=O)c1ccc(F)cc1. The monoisotopic (exact) mass is 419 g/mol. The topological polar surface area (TPSA) is 53.1 Å². The zero-order chi connectivity index (χ0) is 20.8. The average Bonchev–Trinajstić information content (AvgIpc) is 3.25. The van der Waals surface area contributed by atoms with Gasteiger partial charge >= 0.3 is 0 Å². The van der Waals surface area contributed by atoms with E-state index < -0.39 is 0 Å². The van der Waals surface area contributed by atoms with E-state index in [-0.39, 0.29) is 23.7 Å². The molecule has 0 radical (unpaired) electrons. The summed E-state index contributed by atoms with van der Waals surface area (Å²) in [6, 6.07) is 9.24. The molecule has 0 bridgehead atoms. The van der Waals surface area contributed by atoms with Crippen LogP contribution in [0.15, 0.2) is 41.8 Å². The summed E-state index contributed by atoms with van der Waals surface area (Å²) in [6.45, 7) is 2.99. The van der Waals surface area contributed by atoms with Crippen LogP contribution in [-0.4, -0.2) is 86.0 Å². The molecule has 2 aromatic rings. The third-order valence-electron chi connectivity index (χ3n) is 4.78. The minimum Gasteiger partial charge on any atom is -0.373 e. The second-order valence-electron chi connectivity index (χ2n) is 7.28. The Balaban J connectivity index is 1.68. The van der Waals surface area contributed by atoms with Crippen molar-refractivity contribution in [1.82, 2.24) is 14.7 Å². The highest BCUT2D eigenvalue weighted by Gasteiger charge is 2.28. The summed E-state index contributed by atoms with van der Waals surface area (Å²) in [5.74, 6) is -0.546. The molecule has 1 aromatic heterocycles. The average molecular weight is 420 g/mol. The van der Waals surface area contributed by atoms with Crippen molar-refractivity contribution >= 4 is 23.2 Å². The first-order chi connectivity index (χ1) is 13.9. The molecule has 1 aliphatic rings. The number of amides is 2. The molecule has 0 aliphatic carbocycles. The van der Waals surface area contributed by atoms with Crippen LogP contribution in [0.1, 0.15) is 20.0 Å². The van der Waals surface area contributed by atoms with Crippen molar-refractivity contribution in [3.63, 3.8) is 0 Å². The lowest BCUT2D eigenvalue weighted by molar-refractivity contribution is -0.0333. The first-order valence-electron chi connectivity index (χ1n) is 9.58. The molecule has 0 spiro atoms. The maximum Gasteiger partial charge on any atom is 0.264 e. The standard InChI is InChI=1S/C21H26FN3O3S/c1-23(2)9-10-24(20(26)16-5-7-17(22)8-6-16)14-18-15-25(11-12-28-18)21(27)19-4-3-13-29-19/h3-8,13,18H,9-12,14-15H2,1-2H3. The lowest BCUT2D eigenvalue weighted by atomic mass is 10.1. The molecule has 8 heteroatoms. The van der Waals surface area contributed by atoms with E-state index in [2.05, 4.69) is 0 Å². The molecule has 1 fully saturated rings. The number of halogens is 1. The Bertz CT molecular complexity index is 811. The van der Waals surface area contributed by atoms with Crippen LogP contribution < -0.4 is 0 Å². The summed E-state index contributed by atoms with van der Waals surface area (Å²) in [6.07, 6.45) is -0.265. The molecule has 1 atom stereocenters. The molecule has 2 heterocycles. The van der Waals surface area contributed by atoms with Gasteiger partial charge in [0.2, 0.25) is 0 Å². The fourth-order valence-corrected chi connectivity index (χ4v) is 3.88. The van der Waals surface area contributed by atoms with Crippen molar-refractivity contribution in [3.05, 3.63) is 58.0 Å². The van der Waals surface area contributed by atoms with Gasteiger partial charge in [-0.05, 0) is 49.8 Å². The van der Waals surface area contributed by atoms with Gasteiger partial charge in [0.1, 0.15) is 5.82 Å². The highest BCUT2D eigenvalue weighted by Crippen LogP contribution is 2.16. The van der Waals surface area contributed by atoms with E-state index >= 15 is 0 Å². The highest BCUT2D eigenvalue weighted by molar-refractivity contribution is 7.12. The number of carbonyl (C=O) groups excluding carboxylic acids is 2. The molecule has 1 unspecified atom stereocenters. The molecule has 1 aliphatic heterocycles. The molecule has 6 nitrogen and oxygen atoms in total. The molecular formula is C21H26FN3O3S. The Morgan fingerprint density at radius 3 is 2.62 bits per heavy atom. The van der Waals surface area contributed by atoms with Gasteiger partial charge in [0, 0.05) is 38.3 Å². The van der Waals surface area contributed by atoms with E-state index in [1.165, 1.54) is 35.6 Å². The Labute approximate surface area is 174 Å². The van der Waals surface area contributed by atoms with Crippen LogP contribution in [0.2, 0.25) is 0 Å². The first kappa shape index (κ1) is 21.4. The Morgan fingerprint density at radius 2 is 1.97 bits per heavy atom. The normalized spacial score (nSPS) is 16.8. The Kier molecular flexibility index (Phi) is 7.35. The van der Waals surface area contributed by atoms with Crippen molar-refractivity contribution in [1.29, 1.82) is 0 Å². The smallest absolute Gasteiger partial charge is 0.264 e. The predicted octanol–water partition coefficient (Wildman–Crippen LogP) is 2.43. The zero-order valence-corrected chi connectivity index (χ0v) is 17.5. The fourth-order valence-electron chi connectivity index (χ4n) is 3.19. The van der Waals surface area contributed by atoms with Gasteiger partial charge < -0.3 is 19.4 Å². The van der Waals surface area contributed by atoms with Crippen molar-refractivity contribution in [2.24, 2.45) is 0 Å². The second-order valence-corrected chi connectivity index (χ2v) is 8.23. The zero-order valence-electron chi connectivity index (χ0n) is 16.7.